The second-order valence-corrected chi connectivity index (χ2v) is 7.61. The van der Waals surface area contributed by atoms with Gasteiger partial charge in [0.2, 0.25) is 11.8 Å². The predicted octanol–water partition coefficient (Wildman–Crippen LogP) is 2.90. The number of hydrogen-bond acceptors (Lipinski definition) is 6. The zero-order chi connectivity index (χ0) is 22.2. The molecule has 3 rings (SSSR count). The SMILES string of the molecule is COc1ccc(CCN2C(=O)NC(=O)[C@H](C=NCCC3=CCCCC3)C2=O)cc1OC. The zero-order valence-corrected chi connectivity index (χ0v) is 18.1. The van der Waals surface area contributed by atoms with Crippen LogP contribution in [0.25, 0.3) is 0 Å². The zero-order valence-electron chi connectivity index (χ0n) is 18.1. The predicted molar refractivity (Wildman–Crippen MR) is 117 cm³/mol. The maximum Gasteiger partial charge on any atom is 0.330 e. The largest absolute Gasteiger partial charge is 0.493 e. The first-order valence-electron chi connectivity index (χ1n) is 10.6. The summed E-state index contributed by atoms with van der Waals surface area (Å²) in [6.07, 6.45) is 9.53. The van der Waals surface area contributed by atoms with Crippen molar-refractivity contribution in [1.29, 1.82) is 0 Å². The lowest BCUT2D eigenvalue weighted by Crippen LogP contribution is -2.58. The van der Waals surface area contributed by atoms with Crippen molar-refractivity contribution in [2.75, 3.05) is 27.3 Å². The van der Waals surface area contributed by atoms with E-state index in [1.807, 2.05) is 6.07 Å². The lowest BCUT2D eigenvalue weighted by molar-refractivity contribution is -0.139. The number of methoxy groups -OCH3 is 2. The lowest BCUT2D eigenvalue weighted by atomic mass is 9.97. The smallest absolute Gasteiger partial charge is 0.330 e. The standard InChI is InChI=1S/C23H29N3O5/c1-30-19-9-8-17(14-20(19)31-2)11-13-26-22(28)18(21(27)25-23(26)29)15-24-12-10-16-6-4-3-5-7-16/h6,8-9,14-15,18H,3-5,7,10-13H2,1-2H3,(H,25,27,29)/t18-/m0/s1. The Bertz CT molecular complexity index is 893. The van der Waals surface area contributed by atoms with Crippen LogP contribution in [0, 0.1) is 5.92 Å². The summed E-state index contributed by atoms with van der Waals surface area (Å²) in [4.78, 5) is 42.5. The number of urea groups is 1. The molecule has 1 aromatic carbocycles. The van der Waals surface area contributed by atoms with Crippen LogP contribution in [-0.4, -0.2) is 56.3 Å². The van der Waals surface area contributed by atoms with E-state index in [4.69, 9.17) is 9.47 Å². The number of hydrogen-bond donors (Lipinski definition) is 1. The number of imide groups is 2. The van der Waals surface area contributed by atoms with Crippen LogP contribution >= 0.6 is 0 Å². The monoisotopic (exact) mass is 427 g/mol. The molecule has 0 bridgehead atoms. The first-order chi connectivity index (χ1) is 15.0. The van der Waals surface area contributed by atoms with E-state index < -0.39 is 23.8 Å². The summed E-state index contributed by atoms with van der Waals surface area (Å²) >= 11 is 0. The van der Waals surface area contributed by atoms with E-state index in [-0.39, 0.29) is 6.54 Å². The molecular weight excluding hydrogens is 398 g/mol. The Labute approximate surface area is 182 Å². The number of carbonyl (C=O) groups is 3. The number of benzene rings is 1. The van der Waals surface area contributed by atoms with Crippen LogP contribution in [0.3, 0.4) is 0 Å². The van der Waals surface area contributed by atoms with Crippen LogP contribution in [-0.2, 0) is 16.0 Å². The van der Waals surface area contributed by atoms with Gasteiger partial charge in [0.1, 0.15) is 0 Å². The van der Waals surface area contributed by atoms with E-state index in [9.17, 15) is 14.4 Å². The third-order valence-corrected chi connectivity index (χ3v) is 5.56. The van der Waals surface area contributed by atoms with Gasteiger partial charge in [0.05, 0.1) is 14.2 Å². The van der Waals surface area contributed by atoms with Crippen LogP contribution in [0.15, 0.2) is 34.8 Å². The van der Waals surface area contributed by atoms with Crippen molar-refractivity contribution in [2.45, 2.75) is 38.5 Å². The third-order valence-electron chi connectivity index (χ3n) is 5.56. The molecule has 1 saturated heterocycles. The van der Waals surface area contributed by atoms with E-state index in [2.05, 4.69) is 16.4 Å². The molecule has 1 atom stereocenters. The lowest BCUT2D eigenvalue weighted by Gasteiger charge is -2.28. The highest BCUT2D eigenvalue weighted by atomic mass is 16.5. The summed E-state index contributed by atoms with van der Waals surface area (Å²) in [5.74, 6) is -1.08. The minimum Gasteiger partial charge on any atom is -0.493 e. The average Bonchev–Trinajstić information content (AvgIpc) is 2.78. The first-order valence-corrected chi connectivity index (χ1v) is 10.6. The molecule has 0 spiro atoms. The summed E-state index contributed by atoms with van der Waals surface area (Å²) in [6, 6.07) is 4.72. The van der Waals surface area contributed by atoms with Crippen LogP contribution in [0.1, 0.15) is 37.7 Å². The topological polar surface area (TPSA) is 97.3 Å². The minimum absolute atomic E-state index is 0.144. The minimum atomic E-state index is -1.08. The van der Waals surface area contributed by atoms with Crippen molar-refractivity contribution < 1.29 is 23.9 Å². The van der Waals surface area contributed by atoms with Gasteiger partial charge in [-0.2, -0.15) is 0 Å². The summed E-state index contributed by atoms with van der Waals surface area (Å²) < 4.78 is 10.5. The second kappa shape index (κ2) is 10.7. The summed E-state index contributed by atoms with van der Waals surface area (Å²) in [5.41, 5.74) is 2.26. The number of allylic oxidation sites excluding steroid dienone is 1. The van der Waals surface area contributed by atoms with E-state index in [0.29, 0.717) is 24.5 Å². The van der Waals surface area contributed by atoms with Gasteiger partial charge in [-0.15, -0.1) is 0 Å². The van der Waals surface area contributed by atoms with Gasteiger partial charge in [-0.05, 0) is 56.2 Å². The third kappa shape index (κ3) is 5.71. The molecule has 1 N–H and O–H groups in total. The van der Waals surface area contributed by atoms with Gasteiger partial charge < -0.3 is 9.47 Å². The number of amides is 4. The molecule has 4 amide bonds. The molecule has 1 aliphatic heterocycles. The molecule has 8 heteroatoms. The van der Waals surface area contributed by atoms with E-state index >= 15 is 0 Å². The van der Waals surface area contributed by atoms with Crippen LogP contribution in [0.5, 0.6) is 11.5 Å². The number of barbiturate groups is 1. The van der Waals surface area contributed by atoms with Crippen molar-refractivity contribution in [3.8, 4) is 11.5 Å². The Hall–Kier alpha value is -3.16. The quantitative estimate of drug-likeness (QED) is 0.371. The molecule has 0 radical (unpaired) electrons. The Balaban J connectivity index is 1.59. The normalized spacial score (nSPS) is 19.4. The highest BCUT2D eigenvalue weighted by Gasteiger charge is 2.39. The molecule has 8 nitrogen and oxygen atoms in total. The van der Waals surface area contributed by atoms with Crippen molar-refractivity contribution in [3.63, 3.8) is 0 Å². The number of ether oxygens (including phenoxy) is 2. The average molecular weight is 428 g/mol. The summed E-state index contributed by atoms with van der Waals surface area (Å²) in [7, 11) is 3.10. The van der Waals surface area contributed by atoms with Crippen molar-refractivity contribution >= 4 is 24.1 Å². The maximum atomic E-state index is 12.8. The van der Waals surface area contributed by atoms with E-state index in [1.54, 1.807) is 26.4 Å². The Morgan fingerprint density at radius 3 is 2.65 bits per heavy atom. The van der Waals surface area contributed by atoms with Gasteiger partial charge in [-0.1, -0.05) is 17.7 Å². The molecule has 166 valence electrons. The number of carbonyl (C=O) groups excluding carboxylic acids is 3. The Kier molecular flexibility index (Phi) is 7.81. The van der Waals surface area contributed by atoms with Crippen molar-refractivity contribution in [1.82, 2.24) is 10.2 Å². The fourth-order valence-corrected chi connectivity index (χ4v) is 3.77. The number of nitrogens with zero attached hydrogens (tertiary/aromatic N) is 2. The van der Waals surface area contributed by atoms with Crippen LogP contribution in [0.2, 0.25) is 0 Å². The van der Waals surface area contributed by atoms with Crippen LogP contribution < -0.4 is 14.8 Å². The highest BCUT2D eigenvalue weighted by Crippen LogP contribution is 2.28. The van der Waals surface area contributed by atoms with E-state index in [0.717, 1.165) is 29.7 Å². The molecular formula is C23H29N3O5. The second-order valence-electron chi connectivity index (χ2n) is 7.61. The van der Waals surface area contributed by atoms with Gasteiger partial charge in [0, 0.05) is 19.3 Å². The molecule has 31 heavy (non-hydrogen) atoms. The van der Waals surface area contributed by atoms with Gasteiger partial charge in [0.15, 0.2) is 17.4 Å². The molecule has 2 aliphatic rings. The van der Waals surface area contributed by atoms with Gasteiger partial charge in [0.25, 0.3) is 0 Å². The Morgan fingerprint density at radius 1 is 1.13 bits per heavy atom. The Morgan fingerprint density at radius 2 is 1.94 bits per heavy atom. The summed E-state index contributed by atoms with van der Waals surface area (Å²) in [6.45, 7) is 0.674. The first kappa shape index (κ1) is 22.5. The van der Waals surface area contributed by atoms with Crippen molar-refractivity contribution in [2.24, 2.45) is 10.9 Å². The van der Waals surface area contributed by atoms with Crippen molar-refractivity contribution in [3.05, 3.63) is 35.4 Å². The van der Waals surface area contributed by atoms with Gasteiger partial charge in [-0.3, -0.25) is 24.8 Å². The fourth-order valence-electron chi connectivity index (χ4n) is 3.77. The molecule has 1 aliphatic carbocycles. The number of rotatable bonds is 9. The molecule has 1 heterocycles. The molecule has 0 saturated carbocycles. The van der Waals surface area contributed by atoms with Gasteiger partial charge in [-0.25, -0.2) is 4.79 Å². The molecule has 0 unspecified atom stereocenters. The van der Waals surface area contributed by atoms with Gasteiger partial charge >= 0.3 is 6.03 Å². The number of aliphatic imine (C=N–C) groups is 1. The number of nitrogens with one attached hydrogen (secondary N) is 1. The fraction of sp³-hybridized carbons (Fsp3) is 0.478. The molecule has 1 aromatic rings. The van der Waals surface area contributed by atoms with Crippen LogP contribution in [0.4, 0.5) is 4.79 Å². The summed E-state index contributed by atoms with van der Waals surface area (Å²) in [5, 5.41) is 2.26. The highest BCUT2D eigenvalue weighted by molar-refractivity contribution is 6.23. The maximum absolute atomic E-state index is 12.8. The van der Waals surface area contributed by atoms with E-state index in [1.165, 1.54) is 24.6 Å². The molecule has 1 fully saturated rings. The molecule has 0 aromatic heterocycles.